The summed E-state index contributed by atoms with van der Waals surface area (Å²) in [5.74, 6) is -0.882. The second-order valence-corrected chi connectivity index (χ2v) is 11.2. The minimum atomic E-state index is -3.98. The van der Waals surface area contributed by atoms with Crippen LogP contribution in [0, 0.1) is 0 Å². The molecule has 3 aromatic rings. The van der Waals surface area contributed by atoms with Gasteiger partial charge in [0.2, 0.25) is 21.8 Å². The Morgan fingerprint density at radius 2 is 1.58 bits per heavy atom. The van der Waals surface area contributed by atoms with Crippen LogP contribution in [0.3, 0.4) is 0 Å². The highest BCUT2D eigenvalue weighted by atomic mass is 35.5. The molecule has 0 fully saturated rings. The van der Waals surface area contributed by atoms with Gasteiger partial charge in [-0.25, -0.2) is 8.42 Å². The summed E-state index contributed by atoms with van der Waals surface area (Å²) in [5, 5.41) is 5.12. The SMILES string of the molecule is CCNC(=O)[C@@H](CC)N(Cc1c(Cl)cccc1Cl)C(=O)CN(C)S(=O)(=O)c1ccc2ccccc2c1. The van der Waals surface area contributed by atoms with Crippen molar-refractivity contribution in [2.75, 3.05) is 20.1 Å². The monoisotopic (exact) mass is 549 g/mol. The molecule has 0 heterocycles. The van der Waals surface area contributed by atoms with Crippen molar-refractivity contribution in [3.05, 3.63) is 76.3 Å². The largest absolute Gasteiger partial charge is 0.355 e. The highest BCUT2D eigenvalue weighted by Gasteiger charge is 2.32. The fraction of sp³-hybridized carbons (Fsp3) is 0.308. The van der Waals surface area contributed by atoms with E-state index in [4.69, 9.17) is 23.2 Å². The number of carbonyl (C=O) groups excluding carboxylic acids is 2. The van der Waals surface area contributed by atoms with Crippen molar-refractivity contribution in [2.24, 2.45) is 0 Å². The van der Waals surface area contributed by atoms with Gasteiger partial charge in [-0.05, 0) is 48.4 Å². The third-order valence-corrected chi connectivity index (χ3v) is 8.42. The van der Waals surface area contributed by atoms with Gasteiger partial charge >= 0.3 is 0 Å². The van der Waals surface area contributed by atoms with Gasteiger partial charge in [0.1, 0.15) is 6.04 Å². The Balaban J connectivity index is 1.92. The van der Waals surface area contributed by atoms with E-state index in [0.29, 0.717) is 28.6 Å². The van der Waals surface area contributed by atoms with E-state index in [0.717, 1.165) is 15.1 Å². The van der Waals surface area contributed by atoms with Crippen LogP contribution in [0.15, 0.2) is 65.6 Å². The summed E-state index contributed by atoms with van der Waals surface area (Å²) in [4.78, 5) is 27.8. The molecule has 0 aliphatic heterocycles. The van der Waals surface area contributed by atoms with E-state index in [1.54, 1.807) is 44.2 Å². The molecule has 0 aliphatic carbocycles. The minimum Gasteiger partial charge on any atom is -0.355 e. The van der Waals surface area contributed by atoms with Crippen molar-refractivity contribution >= 4 is 55.8 Å². The Hall–Kier alpha value is -2.65. The lowest BCUT2D eigenvalue weighted by Crippen LogP contribution is -2.51. The molecule has 0 radical (unpaired) electrons. The molecular formula is C26H29Cl2N3O4S. The molecule has 0 bridgehead atoms. The van der Waals surface area contributed by atoms with E-state index < -0.39 is 28.5 Å². The average molecular weight is 551 g/mol. The van der Waals surface area contributed by atoms with Crippen LogP contribution >= 0.6 is 23.2 Å². The molecule has 0 saturated carbocycles. The maximum absolute atomic E-state index is 13.5. The number of hydrogen-bond acceptors (Lipinski definition) is 4. The standard InChI is InChI=1S/C26H29Cl2N3O4S/c1-4-24(26(33)29-5-2)31(16-21-22(27)11-8-12-23(21)28)25(32)17-30(3)36(34,35)20-14-13-18-9-6-7-10-19(18)15-20/h6-15,24H,4-5,16-17H2,1-3H3,(H,29,33)/t24-/m1/s1. The van der Waals surface area contributed by atoms with Crippen molar-refractivity contribution in [2.45, 2.75) is 37.8 Å². The minimum absolute atomic E-state index is 0.0448. The summed E-state index contributed by atoms with van der Waals surface area (Å²) in [7, 11) is -2.63. The number of sulfonamides is 1. The van der Waals surface area contributed by atoms with Crippen LogP contribution in [0.25, 0.3) is 10.8 Å². The molecule has 0 aliphatic rings. The molecule has 3 rings (SSSR count). The Kier molecular flexibility index (Phi) is 9.35. The number of hydrogen-bond donors (Lipinski definition) is 1. The number of halogens is 2. The van der Waals surface area contributed by atoms with E-state index in [2.05, 4.69) is 5.32 Å². The van der Waals surface area contributed by atoms with Crippen molar-refractivity contribution in [3.8, 4) is 0 Å². The number of benzene rings is 3. The number of amides is 2. The molecule has 3 aromatic carbocycles. The van der Waals surface area contributed by atoms with Gasteiger partial charge in [0, 0.05) is 35.7 Å². The summed E-state index contributed by atoms with van der Waals surface area (Å²) in [6.07, 6.45) is 0.320. The van der Waals surface area contributed by atoms with E-state index >= 15 is 0 Å². The smallest absolute Gasteiger partial charge is 0.243 e. The maximum Gasteiger partial charge on any atom is 0.243 e. The van der Waals surface area contributed by atoms with Gasteiger partial charge in [-0.1, -0.05) is 66.5 Å². The molecule has 0 spiro atoms. The lowest BCUT2D eigenvalue weighted by molar-refractivity contribution is -0.141. The maximum atomic E-state index is 13.5. The van der Waals surface area contributed by atoms with Crippen LogP contribution in [0.2, 0.25) is 10.0 Å². The molecule has 192 valence electrons. The van der Waals surface area contributed by atoms with Gasteiger partial charge in [-0.2, -0.15) is 4.31 Å². The first-order valence-corrected chi connectivity index (χ1v) is 13.7. The van der Waals surface area contributed by atoms with Gasteiger partial charge < -0.3 is 10.2 Å². The molecular weight excluding hydrogens is 521 g/mol. The van der Waals surface area contributed by atoms with E-state index in [9.17, 15) is 18.0 Å². The fourth-order valence-corrected chi connectivity index (χ4v) is 5.61. The number of nitrogens with zero attached hydrogens (tertiary/aromatic N) is 2. The summed E-state index contributed by atoms with van der Waals surface area (Å²) in [6.45, 7) is 3.44. The highest BCUT2D eigenvalue weighted by molar-refractivity contribution is 7.89. The Bertz CT molecular complexity index is 1340. The van der Waals surface area contributed by atoms with E-state index in [-0.39, 0.29) is 17.3 Å². The quantitative estimate of drug-likeness (QED) is 0.396. The summed E-state index contributed by atoms with van der Waals surface area (Å²) < 4.78 is 27.6. The molecule has 10 heteroatoms. The second kappa shape index (κ2) is 12.1. The predicted octanol–water partition coefficient (Wildman–Crippen LogP) is 4.71. The van der Waals surface area contributed by atoms with Crippen molar-refractivity contribution in [1.29, 1.82) is 0 Å². The second-order valence-electron chi connectivity index (χ2n) is 8.31. The first-order chi connectivity index (χ1) is 17.1. The lowest BCUT2D eigenvalue weighted by Gasteiger charge is -2.32. The van der Waals surface area contributed by atoms with E-state index in [1.165, 1.54) is 18.0 Å². The number of nitrogens with one attached hydrogen (secondary N) is 1. The summed E-state index contributed by atoms with van der Waals surface area (Å²) in [5.41, 5.74) is 0.483. The zero-order chi connectivity index (χ0) is 26.5. The zero-order valence-electron chi connectivity index (χ0n) is 20.4. The molecule has 1 atom stereocenters. The van der Waals surface area contributed by atoms with Gasteiger partial charge in [0.25, 0.3) is 0 Å². The molecule has 0 saturated heterocycles. The topological polar surface area (TPSA) is 86.8 Å². The van der Waals surface area contributed by atoms with Crippen LogP contribution < -0.4 is 5.32 Å². The average Bonchev–Trinajstić information content (AvgIpc) is 2.85. The summed E-state index contributed by atoms with van der Waals surface area (Å²) >= 11 is 12.7. The molecule has 0 aromatic heterocycles. The van der Waals surface area contributed by atoms with Crippen molar-refractivity contribution in [1.82, 2.24) is 14.5 Å². The van der Waals surface area contributed by atoms with E-state index in [1.807, 2.05) is 24.3 Å². The Morgan fingerprint density at radius 3 is 2.19 bits per heavy atom. The van der Waals surface area contributed by atoms with Gasteiger partial charge in [0.15, 0.2) is 0 Å². The third kappa shape index (κ3) is 6.18. The first-order valence-electron chi connectivity index (χ1n) is 11.5. The molecule has 1 N–H and O–H groups in total. The highest BCUT2D eigenvalue weighted by Crippen LogP contribution is 2.27. The number of rotatable bonds is 10. The number of likely N-dealkylation sites (N-methyl/N-ethyl adjacent to an activating group) is 2. The van der Waals surface area contributed by atoms with Crippen LogP contribution in [0.5, 0.6) is 0 Å². The number of fused-ring (bicyclic) bond motifs is 1. The van der Waals surface area contributed by atoms with Crippen LogP contribution in [-0.2, 0) is 26.2 Å². The normalized spacial score (nSPS) is 12.5. The molecule has 7 nitrogen and oxygen atoms in total. The molecule has 0 unspecified atom stereocenters. The van der Waals surface area contributed by atoms with Crippen LogP contribution in [0.1, 0.15) is 25.8 Å². The first kappa shape index (κ1) is 27.9. The fourth-order valence-electron chi connectivity index (χ4n) is 3.94. The molecule has 36 heavy (non-hydrogen) atoms. The van der Waals surface area contributed by atoms with Crippen LogP contribution in [0.4, 0.5) is 0 Å². The number of carbonyl (C=O) groups is 2. The Labute approximate surface area is 222 Å². The predicted molar refractivity (Wildman–Crippen MR) is 144 cm³/mol. The Morgan fingerprint density at radius 1 is 0.944 bits per heavy atom. The third-order valence-electron chi connectivity index (χ3n) is 5.91. The summed E-state index contributed by atoms with van der Waals surface area (Å²) in [6, 6.07) is 16.4. The zero-order valence-corrected chi connectivity index (χ0v) is 22.7. The van der Waals surface area contributed by atoms with Crippen molar-refractivity contribution in [3.63, 3.8) is 0 Å². The van der Waals surface area contributed by atoms with Gasteiger partial charge in [-0.3, -0.25) is 9.59 Å². The van der Waals surface area contributed by atoms with Gasteiger partial charge in [0.05, 0.1) is 11.4 Å². The van der Waals surface area contributed by atoms with Crippen LogP contribution in [-0.4, -0.2) is 55.6 Å². The molecule has 2 amide bonds. The van der Waals surface area contributed by atoms with Crippen molar-refractivity contribution < 1.29 is 18.0 Å². The van der Waals surface area contributed by atoms with Gasteiger partial charge in [-0.15, -0.1) is 0 Å². The lowest BCUT2D eigenvalue weighted by atomic mass is 10.1.